The van der Waals surface area contributed by atoms with Crippen LogP contribution in [-0.4, -0.2) is 46.3 Å². The summed E-state index contributed by atoms with van der Waals surface area (Å²) >= 11 is 0. The van der Waals surface area contributed by atoms with Gasteiger partial charge < -0.3 is 10.2 Å². The van der Waals surface area contributed by atoms with Crippen molar-refractivity contribution in [2.24, 2.45) is 7.05 Å². The minimum absolute atomic E-state index is 0.0771. The quantitative estimate of drug-likeness (QED) is 0.860. The number of amides is 1. The molecule has 0 saturated carbocycles. The largest absolute Gasteiger partial charge is 0.341 e. The van der Waals surface area contributed by atoms with E-state index >= 15 is 0 Å². The van der Waals surface area contributed by atoms with Gasteiger partial charge >= 0.3 is 0 Å². The first-order valence-corrected chi connectivity index (χ1v) is 7.26. The Morgan fingerprint density at radius 1 is 1.37 bits per heavy atom. The van der Waals surface area contributed by atoms with Gasteiger partial charge in [-0.1, -0.05) is 0 Å². The Hall–Kier alpha value is -1.36. The van der Waals surface area contributed by atoms with Crippen molar-refractivity contribution < 1.29 is 4.79 Å². The Labute approximate surface area is 114 Å². The first-order valence-electron chi connectivity index (χ1n) is 7.26. The highest BCUT2D eigenvalue weighted by molar-refractivity contribution is 5.82. The molecule has 0 aromatic carbocycles. The van der Waals surface area contributed by atoms with Crippen LogP contribution in [0.5, 0.6) is 0 Å². The van der Waals surface area contributed by atoms with Crippen molar-refractivity contribution in [1.29, 1.82) is 0 Å². The van der Waals surface area contributed by atoms with Crippen molar-refractivity contribution in [2.45, 2.75) is 37.6 Å². The summed E-state index contributed by atoms with van der Waals surface area (Å²) in [7, 11) is 2.00. The van der Waals surface area contributed by atoms with Gasteiger partial charge in [-0.05, 0) is 38.3 Å². The molecule has 2 aliphatic heterocycles. The third-order valence-electron chi connectivity index (χ3n) is 4.44. The summed E-state index contributed by atoms with van der Waals surface area (Å²) in [6, 6.07) is 2.17. The number of aromatic nitrogens is 2. The van der Waals surface area contributed by atoms with Crippen LogP contribution in [0.2, 0.25) is 0 Å². The van der Waals surface area contributed by atoms with E-state index in [1.165, 1.54) is 5.69 Å². The van der Waals surface area contributed by atoms with E-state index in [9.17, 15) is 4.79 Å². The highest BCUT2D eigenvalue weighted by atomic mass is 16.2. The van der Waals surface area contributed by atoms with Crippen LogP contribution in [-0.2, 0) is 11.8 Å². The number of carbonyl (C=O) groups is 1. The number of nitrogens with zero attached hydrogens (tertiary/aromatic N) is 3. The molecule has 1 unspecified atom stereocenters. The number of nitrogens with one attached hydrogen (secondary N) is 1. The molecule has 5 heteroatoms. The lowest BCUT2D eigenvalue weighted by atomic mass is 9.93. The number of aryl methyl sites for hydroxylation is 1. The zero-order chi connectivity index (χ0) is 13.2. The second-order valence-corrected chi connectivity index (χ2v) is 5.63. The van der Waals surface area contributed by atoms with E-state index in [-0.39, 0.29) is 6.04 Å². The summed E-state index contributed by atoms with van der Waals surface area (Å²) < 4.78 is 1.96. The fourth-order valence-electron chi connectivity index (χ4n) is 3.30. The molecule has 19 heavy (non-hydrogen) atoms. The third kappa shape index (κ3) is 2.52. The predicted molar refractivity (Wildman–Crippen MR) is 72.8 cm³/mol. The minimum Gasteiger partial charge on any atom is -0.341 e. The van der Waals surface area contributed by atoms with Gasteiger partial charge in [0.1, 0.15) is 0 Å². The second kappa shape index (κ2) is 5.33. The third-order valence-corrected chi connectivity index (χ3v) is 4.44. The van der Waals surface area contributed by atoms with Gasteiger partial charge in [-0.2, -0.15) is 5.10 Å². The van der Waals surface area contributed by atoms with Crippen molar-refractivity contribution in [1.82, 2.24) is 20.0 Å². The average Bonchev–Trinajstić information content (AvgIpc) is 3.09. The van der Waals surface area contributed by atoms with Gasteiger partial charge in [-0.25, -0.2) is 0 Å². The summed E-state index contributed by atoms with van der Waals surface area (Å²) in [6.07, 6.45) is 6.09. The highest BCUT2D eigenvalue weighted by Crippen LogP contribution is 2.28. The molecular formula is C14H22N4O. The number of hydrogen-bond donors (Lipinski definition) is 1. The lowest BCUT2D eigenvalue weighted by Crippen LogP contribution is -2.46. The second-order valence-electron chi connectivity index (χ2n) is 5.63. The van der Waals surface area contributed by atoms with Crippen molar-refractivity contribution in [3.63, 3.8) is 0 Å². The zero-order valence-corrected chi connectivity index (χ0v) is 11.5. The lowest BCUT2D eigenvalue weighted by molar-refractivity contribution is -0.134. The molecule has 0 bridgehead atoms. The van der Waals surface area contributed by atoms with Crippen LogP contribution in [0, 0.1) is 0 Å². The fourth-order valence-corrected chi connectivity index (χ4v) is 3.30. The van der Waals surface area contributed by atoms with Crippen LogP contribution in [0.1, 0.15) is 37.3 Å². The van der Waals surface area contributed by atoms with Crippen LogP contribution in [0.15, 0.2) is 12.3 Å². The van der Waals surface area contributed by atoms with E-state index in [0.29, 0.717) is 11.8 Å². The van der Waals surface area contributed by atoms with E-state index < -0.39 is 0 Å². The van der Waals surface area contributed by atoms with Crippen LogP contribution < -0.4 is 5.32 Å². The molecule has 1 N–H and O–H groups in total. The molecule has 104 valence electrons. The monoisotopic (exact) mass is 262 g/mol. The molecule has 0 aliphatic carbocycles. The van der Waals surface area contributed by atoms with Gasteiger partial charge in [0.25, 0.3) is 0 Å². The standard InChI is InChI=1S/C14H22N4O/c1-17-13(4-8-16-17)11-5-9-18(10-6-11)14(19)12-3-2-7-15-12/h4,8,11-12,15H,2-3,5-7,9-10H2,1H3. The molecule has 0 spiro atoms. The van der Waals surface area contributed by atoms with Gasteiger partial charge in [0.05, 0.1) is 6.04 Å². The average molecular weight is 262 g/mol. The summed E-state index contributed by atoms with van der Waals surface area (Å²) in [6.45, 7) is 2.75. The van der Waals surface area contributed by atoms with E-state index in [4.69, 9.17) is 0 Å². The SMILES string of the molecule is Cn1nccc1C1CCN(C(=O)C2CCCN2)CC1. The molecule has 1 aromatic rings. The molecule has 3 heterocycles. The van der Waals surface area contributed by atoms with Gasteiger partial charge in [0.15, 0.2) is 0 Å². The van der Waals surface area contributed by atoms with Crippen LogP contribution >= 0.6 is 0 Å². The van der Waals surface area contributed by atoms with Crippen molar-refractivity contribution in [3.8, 4) is 0 Å². The lowest BCUT2D eigenvalue weighted by Gasteiger charge is -2.33. The minimum atomic E-state index is 0.0771. The number of piperidine rings is 1. The Bertz CT molecular complexity index is 442. The van der Waals surface area contributed by atoms with E-state index in [1.54, 1.807) is 0 Å². The topological polar surface area (TPSA) is 50.2 Å². The first kappa shape index (κ1) is 12.7. The maximum Gasteiger partial charge on any atom is 0.239 e. The summed E-state index contributed by atoms with van der Waals surface area (Å²) in [4.78, 5) is 14.3. The zero-order valence-electron chi connectivity index (χ0n) is 11.5. The maximum absolute atomic E-state index is 12.3. The predicted octanol–water partition coefficient (Wildman–Crippen LogP) is 0.878. The smallest absolute Gasteiger partial charge is 0.239 e. The first-order chi connectivity index (χ1) is 9.25. The molecule has 5 nitrogen and oxygen atoms in total. The normalized spacial score (nSPS) is 24.9. The van der Waals surface area contributed by atoms with Crippen molar-refractivity contribution in [2.75, 3.05) is 19.6 Å². The Morgan fingerprint density at radius 3 is 2.74 bits per heavy atom. The maximum atomic E-state index is 12.3. The molecule has 2 aliphatic rings. The molecule has 3 rings (SSSR count). The van der Waals surface area contributed by atoms with E-state index in [1.807, 2.05) is 22.8 Å². The molecule has 1 amide bonds. The molecule has 0 radical (unpaired) electrons. The van der Waals surface area contributed by atoms with Crippen LogP contribution in [0.4, 0.5) is 0 Å². The molecule has 1 aromatic heterocycles. The Kier molecular flexibility index (Phi) is 3.55. The van der Waals surface area contributed by atoms with E-state index in [0.717, 1.165) is 45.3 Å². The van der Waals surface area contributed by atoms with Gasteiger partial charge in [-0.15, -0.1) is 0 Å². The number of carbonyl (C=O) groups excluding carboxylic acids is 1. The number of hydrogen-bond acceptors (Lipinski definition) is 3. The van der Waals surface area contributed by atoms with E-state index in [2.05, 4.69) is 16.5 Å². The number of rotatable bonds is 2. The van der Waals surface area contributed by atoms with Crippen LogP contribution in [0.25, 0.3) is 0 Å². The molecule has 2 fully saturated rings. The summed E-state index contributed by atoms with van der Waals surface area (Å²) in [5.41, 5.74) is 1.30. The van der Waals surface area contributed by atoms with Gasteiger partial charge in [0, 0.05) is 37.9 Å². The van der Waals surface area contributed by atoms with Crippen molar-refractivity contribution >= 4 is 5.91 Å². The molecule has 2 saturated heterocycles. The fraction of sp³-hybridized carbons (Fsp3) is 0.714. The number of likely N-dealkylation sites (tertiary alicyclic amines) is 1. The van der Waals surface area contributed by atoms with Gasteiger partial charge in [0.2, 0.25) is 5.91 Å². The summed E-state index contributed by atoms with van der Waals surface area (Å²) in [5.74, 6) is 0.856. The van der Waals surface area contributed by atoms with Crippen molar-refractivity contribution in [3.05, 3.63) is 18.0 Å². The van der Waals surface area contributed by atoms with Crippen LogP contribution in [0.3, 0.4) is 0 Å². The molecular weight excluding hydrogens is 240 g/mol. The van der Waals surface area contributed by atoms with Gasteiger partial charge in [-0.3, -0.25) is 9.48 Å². The summed E-state index contributed by atoms with van der Waals surface area (Å²) in [5, 5.41) is 7.53. The Morgan fingerprint density at radius 2 is 2.16 bits per heavy atom. The highest BCUT2D eigenvalue weighted by Gasteiger charge is 2.30. The molecule has 1 atom stereocenters. The Balaban J connectivity index is 1.57.